The first-order chi connectivity index (χ1) is 11.6. The van der Waals surface area contributed by atoms with Crippen molar-refractivity contribution in [1.29, 1.82) is 0 Å². The van der Waals surface area contributed by atoms with Crippen LogP contribution in [0.5, 0.6) is 5.75 Å². The molecule has 3 aromatic rings. The van der Waals surface area contributed by atoms with Crippen LogP contribution >= 0.6 is 0 Å². The van der Waals surface area contributed by atoms with Crippen LogP contribution in [-0.4, -0.2) is 17.4 Å². The smallest absolute Gasteiger partial charge is 0.196 e. The molecule has 2 aromatic carbocycles. The quantitative estimate of drug-likeness (QED) is 0.620. The highest BCUT2D eigenvalue weighted by molar-refractivity contribution is 6.14. The van der Waals surface area contributed by atoms with Crippen LogP contribution in [0.25, 0.3) is 17.0 Å². The summed E-state index contributed by atoms with van der Waals surface area (Å²) in [6.07, 6.45) is 3.69. The van der Waals surface area contributed by atoms with Gasteiger partial charge in [-0.05, 0) is 60.9 Å². The van der Waals surface area contributed by atoms with Gasteiger partial charge in [0.1, 0.15) is 12.4 Å². The van der Waals surface area contributed by atoms with Crippen LogP contribution in [0.2, 0.25) is 0 Å². The Kier molecular flexibility index (Phi) is 3.42. The summed E-state index contributed by atoms with van der Waals surface area (Å²) in [6.45, 7) is 4.28. The van der Waals surface area contributed by atoms with Crippen LogP contribution in [-0.2, 0) is 0 Å². The van der Waals surface area contributed by atoms with Crippen LogP contribution in [0, 0.1) is 13.8 Å². The number of ether oxygens (including phenoxy) is 1. The largest absolute Gasteiger partial charge is 0.488 e. The minimum absolute atomic E-state index is 0.0503. The Morgan fingerprint density at radius 3 is 2.88 bits per heavy atom. The Balaban J connectivity index is 1.76. The van der Waals surface area contributed by atoms with E-state index in [2.05, 4.69) is 4.98 Å². The van der Waals surface area contributed by atoms with E-state index in [-0.39, 0.29) is 5.78 Å². The van der Waals surface area contributed by atoms with Gasteiger partial charge in [0.05, 0.1) is 11.1 Å². The lowest BCUT2D eigenvalue weighted by atomic mass is 9.94. The second kappa shape index (κ2) is 5.60. The number of pyridine rings is 1. The molecule has 0 radical (unpaired) electrons. The number of hydrogen-bond acceptors (Lipinski definition) is 3. The van der Waals surface area contributed by atoms with Gasteiger partial charge in [0.15, 0.2) is 5.78 Å². The zero-order valence-electron chi connectivity index (χ0n) is 13.7. The molecule has 4 rings (SSSR count). The first-order valence-electron chi connectivity index (χ1n) is 7.96. The summed E-state index contributed by atoms with van der Waals surface area (Å²) in [6, 6.07) is 13.9. The first kappa shape index (κ1) is 14.6. The van der Waals surface area contributed by atoms with Gasteiger partial charge in [0, 0.05) is 17.2 Å². The third kappa shape index (κ3) is 2.48. The van der Waals surface area contributed by atoms with Crippen LogP contribution in [0.1, 0.15) is 27.0 Å². The molecule has 2 heterocycles. The Hall–Kier alpha value is -2.94. The number of Topliss-reactive ketones (excluding diaryl/α,β-unsaturated/α-hetero) is 1. The Morgan fingerprint density at radius 1 is 1.12 bits per heavy atom. The molecule has 1 aliphatic rings. The van der Waals surface area contributed by atoms with Crippen molar-refractivity contribution in [3.05, 3.63) is 76.5 Å². The molecular weight excluding hydrogens is 298 g/mol. The standard InChI is InChI=1S/C21H17NO2/c1-13-8-14(2)21-18(9-13)20(23)17(12-24-21)11-15-5-6-19-16(10-15)4-3-7-22-19/h3-11H,12H2,1-2H3/b17-11-. The molecule has 0 aliphatic carbocycles. The molecule has 3 heteroatoms. The van der Waals surface area contributed by atoms with Crippen molar-refractivity contribution in [2.75, 3.05) is 6.61 Å². The summed E-state index contributed by atoms with van der Waals surface area (Å²) in [5.41, 5.74) is 5.34. The fourth-order valence-electron chi connectivity index (χ4n) is 3.20. The summed E-state index contributed by atoms with van der Waals surface area (Å²) in [4.78, 5) is 17.1. The topological polar surface area (TPSA) is 39.2 Å². The maximum absolute atomic E-state index is 12.8. The molecule has 0 saturated carbocycles. The number of aromatic nitrogens is 1. The van der Waals surface area contributed by atoms with Crippen LogP contribution in [0.15, 0.2) is 54.2 Å². The van der Waals surface area contributed by atoms with Crippen LogP contribution in [0.4, 0.5) is 0 Å². The maximum Gasteiger partial charge on any atom is 0.196 e. The molecule has 0 fully saturated rings. The molecule has 1 aromatic heterocycles. The average molecular weight is 315 g/mol. The van der Waals surface area contributed by atoms with E-state index in [9.17, 15) is 4.79 Å². The lowest BCUT2D eigenvalue weighted by Gasteiger charge is -2.21. The van der Waals surface area contributed by atoms with Gasteiger partial charge in [0.2, 0.25) is 0 Å². The molecule has 0 unspecified atom stereocenters. The molecule has 0 atom stereocenters. The molecule has 0 spiro atoms. The van der Waals surface area contributed by atoms with Crippen molar-refractivity contribution in [1.82, 2.24) is 4.98 Å². The molecule has 0 bridgehead atoms. The number of carbonyl (C=O) groups is 1. The predicted octanol–water partition coefficient (Wildman–Crippen LogP) is 4.51. The van der Waals surface area contributed by atoms with E-state index in [1.165, 1.54) is 0 Å². The van der Waals surface area contributed by atoms with E-state index in [1.54, 1.807) is 6.20 Å². The van der Waals surface area contributed by atoms with Crippen molar-refractivity contribution in [3.63, 3.8) is 0 Å². The van der Waals surface area contributed by atoms with Crippen molar-refractivity contribution in [2.45, 2.75) is 13.8 Å². The van der Waals surface area contributed by atoms with Gasteiger partial charge in [-0.3, -0.25) is 9.78 Å². The SMILES string of the molecule is Cc1cc(C)c2c(c1)C(=O)/C(=C\c1ccc3ncccc3c1)CO2. The summed E-state index contributed by atoms with van der Waals surface area (Å²) in [5.74, 6) is 0.764. The molecular formula is C21H17NO2. The molecule has 0 N–H and O–H groups in total. The zero-order valence-corrected chi connectivity index (χ0v) is 13.7. The summed E-state index contributed by atoms with van der Waals surface area (Å²) >= 11 is 0. The number of nitrogens with zero attached hydrogens (tertiary/aromatic N) is 1. The Morgan fingerprint density at radius 2 is 2.00 bits per heavy atom. The van der Waals surface area contributed by atoms with Gasteiger partial charge in [-0.15, -0.1) is 0 Å². The van der Waals surface area contributed by atoms with E-state index < -0.39 is 0 Å². The maximum atomic E-state index is 12.8. The Bertz CT molecular complexity index is 1000. The number of ketones is 1. The van der Waals surface area contributed by atoms with Crippen LogP contribution < -0.4 is 4.74 Å². The molecule has 3 nitrogen and oxygen atoms in total. The monoisotopic (exact) mass is 315 g/mol. The van der Waals surface area contributed by atoms with Crippen LogP contribution in [0.3, 0.4) is 0 Å². The molecule has 118 valence electrons. The number of hydrogen-bond donors (Lipinski definition) is 0. The van der Waals surface area contributed by atoms with Crippen molar-refractivity contribution < 1.29 is 9.53 Å². The second-order valence-electron chi connectivity index (χ2n) is 6.20. The molecule has 0 amide bonds. The summed E-state index contributed by atoms with van der Waals surface area (Å²) < 4.78 is 5.85. The summed E-state index contributed by atoms with van der Waals surface area (Å²) in [5, 5.41) is 1.06. The van der Waals surface area contributed by atoms with Crippen molar-refractivity contribution in [3.8, 4) is 5.75 Å². The minimum atomic E-state index is 0.0503. The minimum Gasteiger partial charge on any atom is -0.488 e. The highest BCUT2D eigenvalue weighted by Gasteiger charge is 2.25. The highest BCUT2D eigenvalue weighted by atomic mass is 16.5. The Labute approximate surface area is 140 Å². The summed E-state index contributed by atoms with van der Waals surface area (Å²) in [7, 11) is 0. The number of aryl methyl sites for hydroxylation is 2. The predicted molar refractivity (Wildman–Crippen MR) is 95.5 cm³/mol. The third-order valence-corrected chi connectivity index (χ3v) is 4.30. The molecule has 0 saturated heterocycles. The van der Waals surface area contributed by atoms with Gasteiger partial charge >= 0.3 is 0 Å². The molecule has 24 heavy (non-hydrogen) atoms. The van der Waals surface area contributed by atoms with Gasteiger partial charge in [0.25, 0.3) is 0 Å². The zero-order chi connectivity index (χ0) is 16.7. The van der Waals surface area contributed by atoms with Gasteiger partial charge in [-0.25, -0.2) is 0 Å². The van der Waals surface area contributed by atoms with Gasteiger partial charge in [-0.2, -0.15) is 0 Å². The lowest BCUT2D eigenvalue weighted by molar-refractivity contribution is 0.100. The first-order valence-corrected chi connectivity index (χ1v) is 7.96. The van der Waals surface area contributed by atoms with Gasteiger partial charge in [-0.1, -0.05) is 18.2 Å². The van der Waals surface area contributed by atoms with E-state index >= 15 is 0 Å². The van der Waals surface area contributed by atoms with E-state index in [4.69, 9.17) is 4.74 Å². The number of benzene rings is 2. The second-order valence-corrected chi connectivity index (χ2v) is 6.20. The number of fused-ring (bicyclic) bond motifs is 2. The number of rotatable bonds is 1. The number of carbonyl (C=O) groups excluding carboxylic acids is 1. The fraction of sp³-hybridized carbons (Fsp3) is 0.143. The van der Waals surface area contributed by atoms with Crippen molar-refractivity contribution in [2.24, 2.45) is 0 Å². The third-order valence-electron chi connectivity index (χ3n) is 4.30. The van der Waals surface area contributed by atoms with Gasteiger partial charge < -0.3 is 4.74 Å². The van der Waals surface area contributed by atoms with E-state index in [0.717, 1.165) is 27.6 Å². The average Bonchev–Trinajstić information content (AvgIpc) is 2.58. The highest BCUT2D eigenvalue weighted by Crippen LogP contribution is 2.32. The van der Waals surface area contributed by atoms with E-state index in [0.29, 0.717) is 23.5 Å². The molecule has 1 aliphatic heterocycles. The normalized spacial score (nSPS) is 15.4. The van der Waals surface area contributed by atoms with E-state index in [1.807, 2.05) is 62.4 Å². The van der Waals surface area contributed by atoms with Crippen molar-refractivity contribution >= 4 is 22.8 Å². The lowest BCUT2D eigenvalue weighted by Crippen LogP contribution is -2.20. The fourth-order valence-corrected chi connectivity index (χ4v) is 3.20.